The molecule has 1 aromatic heterocycles. The maximum atomic E-state index is 13.1. The second-order valence-corrected chi connectivity index (χ2v) is 9.06. The molecule has 176 valence electrons. The molecule has 0 bridgehead atoms. The van der Waals surface area contributed by atoms with Gasteiger partial charge in [0.15, 0.2) is 0 Å². The summed E-state index contributed by atoms with van der Waals surface area (Å²) in [5, 5.41) is 0. The number of aromatic nitrogens is 2. The zero-order valence-corrected chi connectivity index (χ0v) is 18.9. The van der Waals surface area contributed by atoms with Crippen LogP contribution in [0, 0.1) is 0 Å². The first-order valence-corrected chi connectivity index (χ1v) is 11.8. The quantitative estimate of drug-likeness (QED) is 0.673. The molecule has 4 rings (SSSR count). The van der Waals surface area contributed by atoms with Gasteiger partial charge in [0.05, 0.1) is 5.56 Å². The van der Waals surface area contributed by atoms with Crippen molar-refractivity contribution in [3.05, 3.63) is 47.5 Å². The highest BCUT2D eigenvalue weighted by Gasteiger charge is 2.32. The Morgan fingerprint density at radius 3 is 2.69 bits per heavy atom. The summed E-state index contributed by atoms with van der Waals surface area (Å²) in [5.74, 6) is 1.08. The van der Waals surface area contributed by atoms with Crippen molar-refractivity contribution in [1.82, 2.24) is 19.8 Å². The van der Waals surface area contributed by atoms with Gasteiger partial charge in [-0.05, 0) is 44.0 Å². The lowest BCUT2D eigenvalue weighted by atomic mass is 10.0. The van der Waals surface area contributed by atoms with Crippen LogP contribution in [0.4, 0.5) is 18.9 Å². The van der Waals surface area contributed by atoms with Crippen LogP contribution in [0.15, 0.2) is 30.5 Å². The number of nitrogens with zero attached hydrogens (tertiary/aromatic N) is 4. The van der Waals surface area contributed by atoms with Crippen LogP contribution in [-0.4, -0.2) is 65.1 Å². The Balaban J connectivity index is 1.29. The van der Waals surface area contributed by atoms with Crippen LogP contribution in [0.1, 0.15) is 49.7 Å². The van der Waals surface area contributed by atoms with E-state index in [1.807, 2.05) is 6.20 Å². The highest BCUT2D eigenvalue weighted by molar-refractivity contribution is 5.49. The Bertz CT molecular complexity index is 857. The molecule has 5 nitrogen and oxygen atoms in total. The molecule has 32 heavy (non-hydrogen) atoms. The van der Waals surface area contributed by atoms with Crippen molar-refractivity contribution in [2.45, 2.75) is 57.8 Å². The number of halogens is 3. The number of alkyl halides is 3. The molecule has 8 heteroatoms. The van der Waals surface area contributed by atoms with E-state index in [0.29, 0.717) is 11.7 Å². The number of hydrogen-bond acceptors (Lipinski definition) is 4. The normalized spacial score (nSPS) is 21.2. The Morgan fingerprint density at radius 1 is 1.12 bits per heavy atom. The van der Waals surface area contributed by atoms with E-state index >= 15 is 0 Å². The predicted molar refractivity (Wildman–Crippen MR) is 121 cm³/mol. The molecule has 3 heterocycles. The number of likely N-dealkylation sites (tertiary alicyclic amines) is 1. The highest BCUT2D eigenvalue weighted by Crippen LogP contribution is 2.32. The van der Waals surface area contributed by atoms with Crippen molar-refractivity contribution in [3.8, 4) is 0 Å². The number of aromatic amines is 1. The second kappa shape index (κ2) is 10.3. The van der Waals surface area contributed by atoms with Crippen LogP contribution in [0.3, 0.4) is 0 Å². The minimum absolute atomic E-state index is 0.509. The summed E-state index contributed by atoms with van der Waals surface area (Å²) in [4.78, 5) is 15.1. The zero-order valence-electron chi connectivity index (χ0n) is 18.9. The summed E-state index contributed by atoms with van der Waals surface area (Å²) in [6, 6.07) is 6.22. The van der Waals surface area contributed by atoms with E-state index in [1.165, 1.54) is 37.1 Å². The van der Waals surface area contributed by atoms with Gasteiger partial charge in [0.2, 0.25) is 0 Å². The second-order valence-electron chi connectivity index (χ2n) is 9.06. The number of unbranched alkanes of at least 4 members (excludes halogenated alkanes) is 1. The lowest BCUT2D eigenvalue weighted by molar-refractivity contribution is -0.137. The van der Waals surface area contributed by atoms with Gasteiger partial charge < -0.3 is 9.88 Å². The van der Waals surface area contributed by atoms with Crippen molar-refractivity contribution < 1.29 is 13.2 Å². The number of aryl methyl sites for hydroxylation is 1. The number of benzene rings is 1. The van der Waals surface area contributed by atoms with Crippen molar-refractivity contribution in [3.63, 3.8) is 0 Å². The molecule has 0 amide bonds. The van der Waals surface area contributed by atoms with Crippen LogP contribution in [0.25, 0.3) is 0 Å². The van der Waals surface area contributed by atoms with Gasteiger partial charge in [-0.25, -0.2) is 4.98 Å². The first-order chi connectivity index (χ1) is 15.4. The maximum Gasteiger partial charge on any atom is 0.416 e. The number of piperidine rings is 1. The fourth-order valence-electron chi connectivity index (χ4n) is 4.90. The van der Waals surface area contributed by atoms with Crippen LogP contribution in [-0.2, 0) is 19.1 Å². The van der Waals surface area contributed by atoms with Gasteiger partial charge in [0.25, 0.3) is 0 Å². The van der Waals surface area contributed by atoms with Gasteiger partial charge in [-0.2, -0.15) is 13.2 Å². The van der Waals surface area contributed by atoms with Crippen molar-refractivity contribution in [2.24, 2.45) is 0 Å². The minimum atomic E-state index is -4.30. The van der Waals surface area contributed by atoms with Gasteiger partial charge in [-0.15, -0.1) is 0 Å². The summed E-state index contributed by atoms with van der Waals surface area (Å²) >= 11 is 0. The number of anilines is 1. The number of rotatable bonds is 7. The van der Waals surface area contributed by atoms with Crippen LogP contribution in [0.2, 0.25) is 0 Å². The molecule has 1 N–H and O–H groups in total. The van der Waals surface area contributed by atoms with E-state index in [4.69, 9.17) is 0 Å². The Hall–Kier alpha value is -2.06. The lowest BCUT2D eigenvalue weighted by Gasteiger charge is -2.44. The number of piperazine rings is 1. The molecule has 2 aromatic rings. The summed E-state index contributed by atoms with van der Waals surface area (Å²) in [5.41, 5.74) is 1.28. The zero-order chi connectivity index (χ0) is 22.6. The minimum Gasteiger partial charge on any atom is -0.369 e. The molecule has 0 radical (unpaired) electrons. The Labute approximate surface area is 188 Å². The molecule has 1 aromatic carbocycles. The molecule has 0 aliphatic carbocycles. The van der Waals surface area contributed by atoms with Gasteiger partial charge >= 0.3 is 6.18 Å². The third kappa shape index (κ3) is 5.84. The topological polar surface area (TPSA) is 38.4 Å². The van der Waals surface area contributed by atoms with Gasteiger partial charge in [-0.3, -0.25) is 9.80 Å². The monoisotopic (exact) mass is 449 g/mol. The molecule has 2 aliphatic rings. The number of imidazole rings is 1. The molecule has 0 unspecified atom stereocenters. The fraction of sp³-hybridized carbons (Fsp3) is 0.625. The van der Waals surface area contributed by atoms with E-state index in [0.717, 1.165) is 70.5 Å². The Kier molecular flexibility index (Phi) is 7.40. The fourth-order valence-corrected chi connectivity index (χ4v) is 4.90. The molecule has 2 fully saturated rings. The van der Waals surface area contributed by atoms with E-state index < -0.39 is 11.7 Å². The SMILES string of the molecule is CCCCc1ncc(CN2CCC[C@H](N3CCN(c4cccc(C(F)(F)F)c4)CC3)C2)[nH]1. The van der Waals surface area contributed by atoms with Crippen LogP contribution in [0.5, 0.6) is 0 Å². The molecule has 0 spiro atoms. The largest absolute Gasteiger partial charge is 0.416 e. The van der Waals surface area contributed by atoms with Crippen LogP contribution >= 0.6 is 0 Å². The smallest absolute Gasteiger partial charge is 0.369 e. The van der Waals surface area contributed by atoms with Gasteiger partial charge in [0.1, 0.15) is 5.82 Å². The molecule has 1 atom stereocenters. The third-order valence-electron chi connectivity index (χ3n) is 6.69. The summed E-state index contributed by atoms with van der Waals surface area (Å²) < 4.78 is 39.2. The first kappa shape index (κ1) is 23.1. The third-order valence-corrected chi connectivity index (χ3v) is 6.69. The van der Waals surface area contributed by atoms with Gasteiger partial charge in [-0.1, -0.05) is 19.4 Å². The predicted octanol–water partition coefficient (Wildman–Crippen LogP) is 4.56. The summed E-state index contributed by atoms with van der Waals surface area (Å²) in [6.45, 7) is 8.53. The molecular formula is C24H34F3N5. The van der Waals surface area contributed by atoms with E-state index in [-0.39, 0.29) is 0 Å². The van der Waals surface area contributed by atoms with E-state index in [2.05, 4.69) is 31.6 Å². The van der Waals surface area contributed by atoms with E-state index in [1.54, 1.807) is 6.07 Å². The van der Waals surface area contributed by atoms with Gasteiger partial charge in [0, 0.05) is 69.3 Å². The number of nitrogens with one attached hydrogen (secondary N) is 1. The molecule has 0 saturated carbocycles. The molecular weight excluding hydrogens is 415 g/mol. The molecule has 2 aliphatic heterocycles. The van der Waals surface area contributed by atoms with Crippen molar-refractivity contribution in [2.75, 3.05) is 44.2 Å². The lowest BCUT2D eigenvalue weighted by Crippen LogP contribution is -2.55. The van der Waals surface area contributed by atoms with Crippen molar-refractivity contribution in [1.29, 1.82) is 0 Å². The average Bonchev–Trinajstić information content (AvgIpc) is 3.24. The van der Waals surface area contributed by atoms with E-state index in [9.17, 15) is 13.2 Å². The van der Waals surface area contributed by atoms with Crippen molar-refractivity contribution >= 4 is 5.69 Å². The Morgan fingerprint density at radius 2 is 1.94 bits per heavy atom. The first-order valence-electron chi connectivity index (χ1n) is 11.8. The number of H-pyrrole nitrogens is 1. The van der Waals surface area contributed by atoms with Crippen LogP contribution < -0.4 is 4.90 Å². The maximum absolute atomic E-state index is 13.1. The summed E-state index contributed by atoms with van der Waals surface area (Å²) in [6.07, 6.45) is 3.38. The average molecular weight is 450 g/mol. The highest BCUT2D eigenvalue weighted by atomic mass is 19.4. The summed E-state index contributed by atoms with van der Waals surface area (Å²) in [7, 11) is 0. The molecule has 2 saturated heterocycles. The standard InChI is InChI=1S/C24H34F3N5/c1-2-3-9-23-28-16-20(29-23)17-30-10-5-8-22(18-30)32-13-11-31(12-14-32)21-7-4-6-19(15-21)24(25,26)27/h4,6-7,15-16,22H,2-3,5,8-14,17-18H2,1H3,(H,28,29)/t22-/m0/s1. The number of hydrogen-bond donors (Lipinski definition) is 1.